The second-order valence-corrected chi connectivity index (χ2v) is 10.7. The first-order valence-corrected chi connectivity index (χ1v) is 13.8. The van der Waals surface area contributed by atoms with Crippen LogP contribution in [0.5, 0.6) is 0 Å². The fourth-order valence-corrected chi connectivity index (χ4v) is 5.51. The van der Waals surface area contributed by atoms with E-state index in [9.17, 15) is 0 Å². The van der Waals surface area contributed by atoms with Gasteiger partial charge in [-0.1, -0.05) is 103 Å². The van der Waals surface area contributed by atoms with Crippen LogP contribution >= 0.6 is 0 Å². The van der Waals surface area contributed by atoms with Crippen molar-refractivity contribution in [1.29, 1.82) is 0 Å². The number of rotatable bonds is 4. The van der Waals surface area contributed by atoms with Gasteiger partial charge in [0, 0.05) is 36.3 Å². The van der Waals surface area contributed by atoms with E-state index in [0.717, 1.165) is 29.9 Å². The lowest BCUT2D eigenvalue weighted by molar-refractivity contribution is 0.468. The minimum Gasteiger partial charge on any atom is -0.374 e. The fourth-order valence-electron chi connectivity index (χ4n) is 5.51. The van der Waals surface area contributed by atoms with Crippen LogP contribution in [0, 0.1) is 0 Å². The molecule has 1 aliphatic carbocycles. The summed E-state index contributed by atoms with van der Waals surface area (Å²) in [6.07, 6.45) is 9.85. The molecule has 0 spiro atoms. The number of hydrogen-bond donors (Lipinski definition) is 0. The molecule has 5 aromatic rings. The molecule has 4 aromatic carbocycles. The Morgan fingerprint density at radius 2 is 1.35 bits per heavy atom. The van der Waals surface area contributed by atoms with Crippen molar-refractivity contribution in [2.24, 2.45) is 0 Å². The van der Waals surface area contributed by atoms with Crippen LogP contribution in [0.15, 0.2) is 109 Å². The molecule has 0 fully saturated rings. The number of nitrogens with zero attached hydrogens (tertiary/aromatic N) is 4. The summed E-state index contributed by atoms with van der Waals surface area (Å²) in [6.45, 7) is 3.04. The molecule has 0 unspecified atom stereocenters. The largest absolute Gasteiger partial charge is 0.374 e. The number of benzene rings is 4. The zero-order valence-electron chi connectivity index (χ0n) is 22.8. The molecule has 0 bridgehead atoms. The molecule has 4 heteroatoms. The molecule has 1 aliphatic heterocycles. The monoisotopic (exact) mass is 518 g/mol. The third kappa shape index (κ3) is 4.62. The van der Waals surface area contributed by atoms with E-state index in [1.54, 1.807) is 0 Å². The molecule has 40 heavy (non-hydrogen) atoms. The van der Waals surface area contributed by atoms with Gasteiger partial charge in [0.1, 0.15) is 5.82 Å². The van der Waals surface area contributed by atoms with Crippen LogP contribution in [0.1, 0.15) is 30.7 Å². The minimum absolute atomic E-state index is 0.0908. The van der Waals surface area contributed by atoms with Crippen molar-refractivity contribution >= 4 is 28.5 Å². The first-order chi connectivity index (χ1) is 19.6. The molecule has 0 saturated heterocycles. The Balaban J connectivity index is 1.32. The Morgan fingerprint density at radius 1 is 0.675 bits per heavy atom. The molecule has 7 rings (SSSR count). The molecule has 1 aromatic heterocycles. The molecule has 194 valence electrons. The highest BCUT2D eigenvalue weighted by molar-refractivity contribution is 5.86. The van der Waals surface area contributed by atoms with Crippen LogP contribution in [0.3, 0.4) is 0 Å². The Morgan fingerprint density at radius 3 is 2.15 bits per heavy atom. The van der Waals surface area contributed by atoms with E-state index in [0.29, 0.717) is 11.6 Å². The van der Waals surface area contributed by atoms with Gasteiger partial charge in [-0.05, 0) is 57.8 Å². The van der Waals surface area contributed by atoms with Crippen molar-refractivity contribution in [3.8, 4) is 22.8 Å². The molecular weight excluding hydrogens is 488 g/mol. The summed E-state index contributed by atoms with van der Waals surface area (Å²) in [5.41, 5.74) is 5.79. The highest BCUT2D eigenvalue weighted by atomic mass is 15.1. The van der Waals surface area contributed by atoms with Crippen molar-refractivity contribution in [3.63, 3.8) is 0 Å². The van der Waals surface area contributed by atoms with Gasteiger partial charge in [-0.3, -0.25) is 0 Å². The number of likely N-dealkylation sites (N-methyl/N-ethyl adjacent to an activating group) is 1. The van der Waals surface area contributed by atoms with Crippen molar-refractivity contribution in [1.82, 2.24) is 19.9 Å². The minimum atomic E-state index is 0.0908. The summed E-state index contributed by atoms with van der Waals surface area (Å²) in [5.74, 6) is 2.31. The average Bonchev–Trinajstić information content (AvgIpc) is 3.02. The van der Waals surface area contributed by atoms with Crippen LogP contribution < -0.4 is 10.4 Å². The molecule has 1 atom stereocenters. The standard InChI is InChI=1S/C36H30N4/c1-24-11-12-33(23-40(24)2)27-13-17-28(18-14-27)34-37-35(31-19-15-25-7-3-5-9-29(25)21-31)39-36(38-34)32-20-16-26-8-4-6-10-30(26)22-32/h3-19,21-22,32H,20,23H2,1-2H3/t32-/m1/s1. The maximum absolute atomic E-state index is 5.05. The SMILES string of the molecule is CC1=CC=C(c2ccc(-c3nc(-c4ccc5ccccc5c4)nc([C@H]4C=c5ccccc5=CC4)n3)cc2)CN1C. The maximum Gasteiger partial charge on any atom is 0.163 e. The van der Waals surface area contributed by atoms with Gasteiger partial charge in [0.15, 0.2) is 11.6 Å². The lowest BCUT2D eigenvalue weighted by Gasteiger charge is -2.25. The van der Waals surface area contributed by atoms with Gasteiger partial charge < -0.3 is 4.90 Å². The first-order valence-electron chi connectivity index (χ1n) is 13.8. The Hall–Kier alpha value is -4.83. The Bertz CT molecular complexity index is 1930. The van der Waals surface area contributed by atoms with E-state index in [2.05, 4.69) is 134 Å². The smallest absolute Gasteiger partial charge is 0.163 e. The predicted molar refractivity (Wildman–Crippen MR) is 165 cm³/mol. The number of allylic oxidation sites excluding steroid dienone is 3. The summed E-state index contributed by atoms with van der Waals surface area (Å²) in [6, 6.07) is 32.0. The third-order valence-electron chi connectivity index (χ3n) is 8.01. The Labute approximate surface area is 234 Å². The van der Waals surface area contributed by atoms with Crippen molar-refractivity contribution in [2.75, 3.05) is 13.6 Å². The average molecular weight is 519 g/mol. The van der Waals surface area contributed by atoms with Gasteiger partial charge >= 0.3 is 0 Å². The highest BCUT2D eigenvalue weighted by Crippen LogP contribution is 2.29. The van der Waals surface area contributed by atoms with E-state index < -0.39 is 0 Å². The molecule has 0 amide bonds. The lowest BCUT2D eigenvalue weighted by Crippen LogP contribution is -2.28. The van der Waals surface area contributed by atoms with Crippen LogP contribution in [-0.2, 0) is 0 Å². The second-order valence-electron chi connectivity index (χ2n) is 10.7. The third-order valence-corrected chi connectivity index (χ3v) is 8.01. The van der Waals surface area contributed by atoms with Crippen molar-refractivity contribution in [3.05, 3.63) is 131 Å². The Kier molecular flexibility index (Phi) is 6.09. The predicted octanol–water partition coefficient (Wildman–Crippen LogP) is 6.34. The number of hydrogen-bond acceptors (Lipinski definition) is 4. The van der Waals surface area contributed by atoms with E-state index in [1.165, 1.54) is 38.0 Å². The van der Waals surface area contributed by atoms with Crippen LogP contribution in [0.25, 0.3) is 51.3 Å². The van der Waals surface area contributed by atoms with Gasteiger partial charge in [0.05, 0.1) is 0 Å². The summed E-state index contributed by atoms with van der Waals surface area (Å²) in [4.78, 5) is 17.4. The fraction of sp³-hybridized carbons (Fsp3) is 0.139. The molecule has 2 aliphatic rings. The van der Waals surface area contributed by atoms with Gasteiger partial charge in [-0.15, -0.1) is 0 Å². The van der Waals surface area contributed by atoms with Gasteiger partial charge in [0.2, 0.25) is 0 Å². The quantitative estimate of drug-likeness (QED) is 0.278. The molecule has 0 saturated carbocycles. The zero-order chi connectivity index (χ0) is 27.1. The molecule has 0 radical (unpaired) electrons. The zero-order valence-corrected chi connectivity index (χ0v) is 22.8. The highest BCUT2D eigenvalue weighted by Gasteiger charge is 2.19. The van der Waals surface area contributed by atoms with Gasteiger partial charge in [0.25, 0.3) is 0 Å². The summed E-state index contributed by atoms with van der Waals surface area (Å²) in [7, 11) is 2.13. The summed E-state index contributed by atoms with van der Waals surface area (Å²) >= 11 is 0. The van der Waals surface area contributed by atoms with Crippen LogP contribution in [0.4, 0.5) is 0 Å². The van der Waals surface area contributed by atoms with E-state index >= 15 is 0 Å². The van der Waals surface area contributed by atoms with Crippen LogP contribution in [-0.4, -0.2) is 33.4 Å². The maximum atomic E-state index is 5.05. The second kappa shape index (κ2) is 10.0. The van der Waals surface area contributed by atoms with E-state index in [1.807, 2.05) is 0 Å². The normalized spacial score (nSPS) is 16.4. The van der Waals surface area contributed by atoms with Crippen molar-refractivity contribution < 1.29 is 0 Å². The first kappa shape index (κ1) is 24.2. The molecule has 4 nitrogen and oxygen atoms in total. The summed E-state index contributed by atoms with van der Waals surface area (Å²) < 4.78 is 0. The number of fused-ring (bicyclic) bond motifs is 2. The van der Waals surface area contributed by atoms with Gasteiger partial charge in [-0.2, -0.15) is 0 Å². The number of aromatic nitrogens is 3. The van der Waals surface area contributed by atoms with E-state index in [-0.39, 0.29) is 5.92 Å². The lowest BCUT2D eigenvalue weighted by atomic mass is 9.96. The van der Waals surface area contributed by atoms with Gasteiger partial charge in [-0.25, -0.2) is 15.0 Å². The van der Waals surface area contributed by atoms with Crippen LogP contribution in [0.2, 0.25) is 0 Å². The topological polar surface area (TPSA) is 41.9 Å². The van der Waals surface area contributed by atoms with E-state index in [4.69, 9.17) is 15.0 Å². The molecule has 0 N–H and O–H groups in total. The molecule has 2 heterocycles. The summed E-state index contributed by atoms with van der Waals surface area (Å²) in [5, 5.41) is 4.88. The molecular formula is C36H30N4. The van der Waals surface area contributed by atoms with Crippen molar-refractivity contribution in [2.45, 2.75) is 19.3 Å².